The molecular weight excluding hydrogens is 224 g/mol. The van der Waals surface area contributed by atoms with Gasteiger partial charge in [0.25, 0.3) is 0 Å². The van der Waals surface area contributed by atoms with Crippen LogP contribution >= 0.6 is 0 Å². The van der Waals surface area contributed by atoms with Gasteiger partial charge in [-0.15, -0.1) is 0 Å². The van der Waals surface area contributed by atoms with E-state index in [1.165, 1.54) is 32.1 Å². The SMILES string of the molecule is NC(=O)C1CCCN1C1C2CC3CC(C2)CC1C3. The minimum Gasteiger partial charge on any atom is -0.368 e. The van der Waals surface area contributed by atoms with Gasteiger partial charge in [0.05, 0.1) is 6.04 Å². The maximum atomic E-state index is 11.6. The van der Waals surface area contributed by atoms with Gasteiger partial charge >= 0.3 is 0 Å². The van der Waals surface area contributed by atoms with Crippen LogP contribution in [0.4, 0.5) is 0 Å². The van der Waals surface area contributed by atoms with E-state index in [0.29, 0.717) is 6.04 Å². The molecule has 3 nitrogen and oxygen atoms in total. The highest BCUT2D eigenvalue weighted by Crippen LogP contribution is 2.55. The predicted octanol–water partition coefficient (Wildman–Crippen LogP) is 1.76. The van der Waals surface area contributed by atoms with Crippen LogP contribution in [0.3, 0.4) is 0 Å². The first kappa shape index (κ1) is 11.3. The van der Waals surface area contributed by atoms with Crippen LogP contribution in [0.2, 0.25) is 0 Å². The molecule has 5 aliphatic rings. The largest absolute Gasteiger partial charge is 0.368 e. The van der Waals surface area contributed by atoms with E-state index in [4.69, 9.17) is 5.73 Å². The summed E-state index contributed by atoms with van der Waals surface area (Å²) in [6.45, 7) is 1.11. The Hall–Kier alpha value is -0.570. The van der Waals surface area contributed by atoms with Gasteiger partial charge in [-0.1, -0.05) is 0 Å². The fourth-order valence-corrected chi connectivity index (χ4v) is 5.89. The number of hydrogen-bond acceptors (Lipinski definition) is 2. The summed E-state index contributed by atoms with van der Waals surface area (Å²) >= 11 is 0. The minimum atomic E-state index is -0.0821. The second-order valence-corrected chi connectivity index (χ2v) is 7.22. The van der Waals surface area contributed by atoms with Gasteiger partial charge in [0.1, 0.15) is 0 Å². The van der Waals surface area contributed by atoms with Crippen LogP contribution in [0.25, 0.3) is 0 Å². The van der Waals surface area contributed by atoms with E-state index < -0.39 is 0 Å². The van der Waals surface area contributed by atoms with E-state index in [1.54, 1.807) is 0 Å². The van der Waals surface area contributed by atoms with Crippen molar-refractivity contribution in [2.24, 2.45) is 29.4 Å². The zero-order valence-corrected chi connectivity index (χ0v) is 11.1. The first-order valence-corrected chi connectivity index (χ1v) is 7.77. The van der Waals surface area contributed by atoms with Crippen molar-refractivity contribution < 1.29 is 4.79 Å². The summed E-state index contributed by atoms with van der Waals surface area (Å²) in [5.41, 5.74) is 5.60. The van der Waals surface area contributed by atoms with Crippen molar-refractivity contribution in [3.05, 3.63) is 0 Å². The van der Waals surface area contributed by atoms with Crippen LogP contribution in [0, 0.1) is 23.7 Å². The van der Waals surface area contributed by atoms with Crippen LogP contribution in [0.1, 0.15) is 44.9 Å². The van der Waals surface area contributed by atoms with Crippen molar-refractivity contribution in [3.63, 3.8) is 0 Å². The van der Waals surface area contributed by atoms with E-state index in [1.807, 2.05) is 0 Å². The quantitative estimate of drug-likeness (QED) is 0.809. The number of carbonyl (C=O) groups excluding carboxylic acids is 1. The molecule has 1 saturated heterocycles. The van der Waals surface area contributed by atoms with Gasteiger partial charge < -0.3 is 5.73 Å². The number of amides is 1. The highest BCUT2D eigenvalue weighted by molar-refractivity contribution is 5.80. The third-order valence-corrected chi connectivity index (χ3v) is 6.18. The normalized spacial score (nSPS) is 50.9. The highest BCUT2D eigenvalue weighted by atomic mass is 16.1. The van der Waals surface area contributed by atoms with Crippen molar-refractivity contribution in [3.8, 4) is 0 Å². The molecule has 1 amide bonds. The molecule has 0 aromatic heterocycles. The second kappa shape index (κ2) is 3.96. The molecule has 1 unspecified atom stereocenters. The molecule has 2 N–H and O–H groups in total. The van der Waals surface area contributed by atoms with Gasteiger partial charge in [0, 0.05) is 6.04 Å². The Morgan fingerprint density at radius 2 is 1.61 bits per heavy atom. The molecular formula is C15H24N2O. The molecule has 3 heteroatoms. The van der Waals surface area contributed by atoms with E-state index in [2.05, 4.69) is 4.90 Å². The van der Waals surface area contributed by atoms with Crippen molar-refractivity contribution in [1.82, 2.24) is 4.90 Å². The van der Waals surface area contributed by atoms with Gasteiger partial charge in [-0.2, -0.15) is 0 Å². The topological polar surface area (TPSA) is 46.3 Å². The fourth-order valence-electron chi connectivity index (χ4n) is 5.89. The summed E-state index contributed by atoms with van der Waals surface area (Å²) in [5.74, 6) is 3.69. The lowest BCUT2D eigenvalue weighted by molar-refractivity contribution is -0.127. The Morgan fingerprint density at radius 3 is 2.17 bits per heavy atom. The molecule has 0 spiro atoms. The third kappa shape index (κ3) is 1.56. The van der Waals surface area contributed by atoms with Crippen molar-refractivity contribution in [1.29, 1.82) is 0 Å². The Morgan fingerprint density at radius 1 is 1.00 bits per heavy atom. The lowest BCUT2D eigenvalue weighted by Crippen LogP contribution is -2.58. The van der Waals surface area contributed by atoms with Gasteiger partial charge in [0.15, 0.2) is 0 Å². The first-order chi connectivity index (χ1) is 8.72. The van der Waals surface area contributed by atoms with Gasteiger partial charge in [-0.25, -0.2) is 0 Å². The summed E-state index contributed by atoms with van der Waals surface area (Å²) in [4.78, 5) is 14.1. The van der Waals surface area contributed by atoms with E-state index in [0.717, 1.165) is 43.1 Å². The molecule has 5 fully saturated rings. The number of primary amides is 1. The average Bonchev–Trinajstić information content (AvgIpc) is 2.76. The van der Waals surface area contributed by atoms with Crippen LogP contribution in [-0.4, -0.2) is 29.4 Å². The molecule has 5 rings (SSSR count). The van der Waals surface area contributed by atoms with E-state index in [9.17, 15) is 4.79 Å². The maximum Gasteiger partial charge on any atom is 0.234 e. The van der Waals surface area contributed by atoms with Gasteiger partial charge in [-0.05, 0) is 75.2 Å². The standard InChI is InChI=1S/C15H24N2O/c16-15(18)13-2-1-3-17(13)14-11-5-9-4-10(7-11)8-12(14)6-9/h9-14H,1-8H2,(H2,16,18). The molecule has 1 aliphatic heterocycles. The summed E-state index contributed by atoms with van der Waals surface area (Å²) in [7, 11) is 0. The first-order valence-electron chi connectivity index (χ1n) is 7.77. The minimum absolute atomic E-state index is 0.0486. The Labute approximate surface area is 109 Å². The number of likely N-dealkylation sites (tertiary alicyclic amines) is 1. The molecule has 4 aliphatic carbocycles. The van der Waals surface area contributed by atoms with Gasteiger partial charge in [-0.3, -0.25) is 9.69 Å². The van der Waals surface area contributed by atoms with Crippen LogP contribution in [-0.2, 0) is 4.79 Å². The number of carbonyl (C=O) groups is 1. The van der Waals surface area contributed by atoms with Crippen LogP contribution in [0.5, 0.6) is 0 Å². The molecule has 0 aromatic rings. The van der Waals surface area contributed by atoms with Crippen LogP contribution < -0.4 is 5.73 Å². The molecule has 18 heavy (non-hydrogen) atoms. The van der Waals surface area contributed by atoms with Crippen molar-refractivity contribution in [2.45, 2.75) is 57.0 Å². The second-order valence-electron chi connectivity index (χ2n) is 7.22. The zero-order valence-electron chi connectivity index (χ0n) is 11.1. The third-order valence-electron chi connectivity index (χ3n) is 6.18. The number of nitrogens with two attached hydrogens (primary N) is 1. The monoisotopic (exact) mass is 248 g/mol. The molecule has 0 radical (unpaired) electrons. The number of hydrogen-bond donors (Lipinski definition) is 1. The molecule has 1 atom stereocenters. The summed E-state index contributed by atoms with van der Waals surface area (Å²) in [6, 6.07) is 0.741. The number of nitrogens with zero attached hydrogens (tertiary/aromatic N) is 1. The lowest BCUT2D eigenvalue weighted by Gasteiger charge is -2.57. The Kier molecular flexibility index (Phi) is 2.48. The zero-order chi connectivity index (χ0) is 12.3. The molecule has 1 heterocycles. The molecule has 0 aromatic carbocycles. The van der Waals surface area contributed by atoms with Crippen molar-refractivity contribution >= 4 is 5.91 Å². The summed E-state index contributed by atoms with van der Waals surface area (Å²) in [5, 5.41) is 0. The van der Waals surface area contributed by atoms with Crippen LogP contribution in [0.15, 0.2) is 0 Å². The predicted molar refractivity (Wildman–Crippen MR) is 69.8 cm³/mol. The maximum absolute atomic E-state index is 11.6. The molecule has 100 valence electrons. The van der Waals surface area contributed by atoms with Crippen molar-refractivity contribution in [2.75, 3.05) is 6.54 Å². The lowest BCUT2D eigenvalue weighted by atomic mass is 9.54. The van der Waals surface area contributed by atoms with Gasteiger partial charge in [0.2, 0.25) is 5.91 Å². The van der Waals surface area contributed by atoms with E-state index >= 15 is 0 Å². The summed E-state index contributed by atoms with van der Waals surface area (Å²) < 4.78 is 0. The fraction of sp³-hybridized carbons (Fsp3) is 0.933. The smallest absolute Gasteiger partial charge is 0.234 e. The molecule has 4 bridgehead atoms. The summed E-state index contributed by atoms with van der Waals surface area (Å²) in [6.07, 6.45) is 9.38. The highest BCUT2D eigenvalue weighted by Gasteiger charge is 2.52. The average molecular weight is 248 g/mol. The number of rotatable bonds is 2. The van der Waals surface area contributed by atoms with E-state index in [-0.39, 0.29) is 11.9 Å². The Bertz CT molecular complexity index is 340. The Balaban J connectivity index is 1.59. The molecule has 4 saturated carbocycles.